The zero-order chi connectivity index (χ0) is 21.2. The molecule has 0 bridgehead atoms. The third-order valence-electron chi connectivity index (χ3n) is 4.11. The smallest absolute Gasteiger partial charge is 0.259 e. The molecule has 0 saturated carbocycles. The van der Waals surface area contributed by atoms with Crippen LogP contribution in [0, 0.1) is 11.3 Å². The molecular formula is C23H19BrN4O2. The lowest BCUT2D eigenvalue weighted by atomic mass is 10.1. The fourth-order valence-corrected chi connectivity index (χ4v) is 2.80. The Hall–Kier alpha value is -3.63. The number of nitriles is 1. The molecule has 3 aromatic rings. The zero-order valence-corrected chi connectivity index (χ0v) is 17.6. The summed E-state index contributed by atoms with van der Waals surface area (Å²) in [7, 11) is 0. The van der Waals surface area contributed by atoms with Crippen molar-refractivity contribution in [2.24, 2.45) is 5.10 Å². The fourth-order valence-electron chi connectivity index (χ4n) is 2.53. The maximum absolute atomic E-state index is 11.9. The normalized spacial score (nSPS) is 10.4. The summed E-state index contributed by atoms with van der Waals surface area (Å²) in [6.45, 7) is 0.439. The number of hydrogen-bond acceptors (Lipinski definition) is 5. The molecule has 0 aromatic heterocycles. The topological polar surface area (TPSA) is 86.5 Å². The van der Waals surface area contributed by atoms with E-state index in [-0.39, 0.29) is 12.5 Å². The van der Waals surface area contributed by atoms with Gasteiger partial charge in [0, 0.05) is 15.7 Å². The van der Waals surface area contributed by atoms with E-state index in [0.717, 1.165) is 21.3 Å². The van der Waals surface area contributed by atoms with E-state index in [2.05, 4.69) is 37.8 Å². The van der Waals surface area contributed by atoms with Crippen molar-refractivity contribution in [3.8, 4) is 11.8 Å². The minimum absolute atomic E-state index is 0.121. The van der Waals surface area contributed by atoms with Crippen LogP contribution in [0.3, 0.4) is 0 Å². The Morgan fingerprint density at radius 2 is 1.80 bits per heavy atom. The number of benzene rings is 3. The molecule has 1 amide bonds. The maximum Gasteiger partial charge on any atom is 0.259 e. The number of nitrogens with one attached hydrogen (secondary N) is 2. The standard InChI is InChI=1S/C23H19BrN4O2/c24-20-7-9-21(10-8-20)26-15-23(29)28-27-14-17-5-11-22(12-6-17)30-16-19-4-2-1-3-18(19)13-25/h1-12,14,26H,15-16H2,(H,28,29)/b27-14-. The fraction of sp³-hybridized carbons (Fsp3) is 0.0870. The Bertz CT molecular complexity index is 1060. The van der Waals surface area contributed by atoms with E-state index in [9.17, 15) is 4.79 Å². The molecule has 0 aliphatic heterocycles. The van der Waals surface area contributed by atoms with Crippen LogP contribution >= 0.6 is 15.9 Å². The molecule has 0 saturated heterocycles. The van der Waals surface area contributed by atoms with Crippen LogP contribution in [0.25, 0.3) is 0 Å². The van der Waals surface area contributed by atoms with Crippen LogP contribution in [0.2, 0.25) is 0 Å². The van der Waals surface area contributed by atoms with Crippen molar-refractivity contribution >= 4 is 33.7 Å². The van der Waals surface area contributed by atoms with Gasteiger partial charge in [-0.3, -0.25) is 4.79 Å². The highest BCUT2D eigenvalue weighted by Gasteiger charge is 2.02. The van der Waals surface area contributed by atoms with E-state index in [0.29, 0.717) is 17.9 Å². The molecule has 0 aliphatic carbocycles. The number of nitrogens with zero attached hydrogens (tertiary/aromatic N) is 2. The van der Waals surface area contributed by atoms with Crippen LogP contribution in [0.15, 0.2) is 82.4 Å². The third-order valence-corrected chi connectivity index (χ3v) is 4.64. The molecular weight excluding hydrogens is 444 g/mol. The van der Waals surface area contributed by atoms with Gasteiger partial charge in [-0.05, 0) is 60.2 Å². The van der Waals surface area contributed by atoms with Crippen LogP contribution < -0.4 is 15.5 Å². The summed E-state index contributed by atoms with van der Waals surface area (Å²) < 4.78 is 6.71. The van der Waals surface area contributed by atoms with Crippen LogP contribution in [0.5, 0.6) is 5.75 Å². The van der Waals surface area contributed by atoms with Crippen molar-refractivity contribution in [2.75, 3.05) is 11.9 Å². The number of hydrazone groups is 1. The first-order valence-corrected chi connectivity index (χ1v) is 9.95. The first-order chi connectivity index (χ1) is 14.6. The lowest BCUT2D eigenvalue weighted by molar-refractivity contribution is -0.119. The summed E-state index contributed by atoms with van der Waals surface area (Å²) in [5.41, 5.74) is 5.60. The van der Waals surface area contributed by atoms with E-state index in [4.69, 9.17) is 10.00 Å². The number of halogens is 1. The van der Waals surface area contributed by atoms with Gasteiger partial charge >= 0.3 is 0 Å². The summed E-state index contributed by atoms with van der Waals surface area (Å²) in [6, 6.07) is 24.3. The van der Waals surface area contributed by atoms with E-state index < -0.39 is 0 Å². The molecule has 0 heterocycles. The van der Waals surface area contributed by atoms with Crippen LogP contribution in [-0.2, 0) is 11.4 Å². The van der Waals surface area contributed by atoms with E-state index in [1.54, 1.807) is 12.3 Å². The minimum atomic E-state index is -0.245. The van der Waals surface area contributed by atoms with Crippen LogP contribution in [0.1, 0.15) is 16.7 Å². The Morgan fingerprint density at radius 1 is 1.07 bits per heavy atom. The van der Waals surface area contributed by atoms with Crippen molar-refractivity contribution < 1.29 is 9.53 Å². The molecule has 30 heavy (non-hydrogen) atoms. The molecule has 0 aliphatic rings. The first-order valence-electron chi connectivity index (χ1n) is 9.16. The third kappa shape index (κ3) is 6.47. The number of rotatable bonds is 8. The molecule has 0 radical (unpaired) electrons. The molecule has 6 nitrogen and oxygen atoms in total. The molecule has 0 atom stereocenters. The summed E-state index contributed by atoms with van der Waals surface area (Å²) in [5.74, 6) is 0.438. The van der Waals surface area contributed by atoms with E-state index in [1.165, 1.54) is 0 Å². The van der Waals surface area contributed by atoms with Gasteiger partial charge in [-0.15, -0.1) is 0 Å². The van der Waals surface area contributed by atoms with Gasteiger partial charge in [0.05, 0.1) is 24.4 Å². The highest BCUT2D eigenvalue weighted by Crippen LogP contribution is 2.16. The Morgan fingerprint density at radius 3 is 2.53 bits per heavy atom. The summed E-state index contributed by atoms with van der Waals surface area (Å²) >= 11 is 3.37. The molecule has 2 N–H and O–H groups in total. The highest BCUT2D eigenvalue weighted by molar-refractivity contribution is 9.10. The van der Waals surface area contributed by atoms with Gasteiger partial charge in [0.25, 0.3) is 5.91 Å². The van der Waals surface area contributed by atoms with Crippen molar-refractivity contribution in [2.45, 2.75) is 6.61 Å². The summed E-state index contributed by atoms with van der Waals surface area (Å²) in [4.78, 5) is 11.9. The predicted molar refractivity (Wildman–Crippen MR) is 120 cm³/mol. The second kappa shape index (κ2) is 10.8. The summed E-state index contributed by atoms with van der Waals surface area (Å²) in [5, 5.41) is 16.1. The van der Waals surface area contributed by atoms with E-state index >= 15 is 0 Å². The SMILES string of the molecule is N#Cc1ccccc1COc1ccc(/C=N\NC(=O)CNc2ccc(Br)cc2)cc1. The molecule has 3 aromatic carbocycles. The van der Waals surface area contributed by atoms with Gasteiger partial charge in [-0.2, -0.15) is 10.4 Å². The second-order valence-corrected chi connectivity index (χ2v) is 7.20. The largest absolute Gasteiger partial charge is 0.489 e. The quantitative estimate of drug-likeness (QED) is 0.382. The van der Waals surface area contributed by atoms with Crippen molar-refractivity contribution in [3.05, 3.63) is 94.0 Å². The Labute approximate surface area is 183 Å². The minimum Gasteiger partial charge on any atom is -0.489 e. The zero-order valence-electron chi connectivity index (χ0n) is 16.0. The number of amides is 1. The van der Waals surface area contributed by atoms with Gasteiger partial charge in [-0.25, -0.2) is 5.43 Å². The first kappa shape index (κ1) is 21.1. The highest BCUT2D eigenvalue weighted by atomic mass is 79.9. The number of carbonyl (C=O) groups is 1. The van der Waals surface area contributed by atoms with Crippen molar-refractivity contribution in [3.63, 3.8) is 0 Å². The molecule has 0 fully saturated rings. The predicted octanol–water partition coefficient (Wildman–Crippen LogP) is 4.46. The number of ether oxygens (including phenoxy) is 1. The summed E-state index contributed by atoms with van der Waals surface area (Å²) in [6.07, 6.45) is 1.56. The monoisotopic (exact) mass is 462 g/mol. The lowest BCUT2D eigenvalue weighted by Crippen LogP contribution is -2.25. The van der Waals surface area contributed by atoms with Gasteiger partial charge < -0.3 is 10.1 Å². The molecule has 3 rings (SSSR count). The Balaban J connectivity index is 1.44. The van der Waals surface area contributed by atoms with Gasteiger partial charge in [0.15, 0.2) is 0 Å². The van der Waals surface area contributed by atoms with Crippen molar-refractivity contribution in [1.82, 2.24) is 5.43 Å². The van der Waals surface area contributed by atoms with Crippen molar-refractivity contribution in [1.29, 1.82) is 5.26 Å². The van der Waals surface area contributed by atoms with Crippen LogP contribution in [-0.4, -0.2) is 18.7 Å². The van der Waals surface area contributed by atoms with Gasteiger partial charge in [-0.1, -0.05) is 34.1 Å². The second-order valence-electron chi connectivity index (χ2n) is 6.28. The molecule has 150 valence electrons. The molecule has 7 heteroatoms. The average Bonchev–Trinajstić information content (AvgIpc) is 2.78. The maximum atomic E-state index is 11.9. The Kier molecular flexibility index (Phi) is 7.58. The number of hydrogen-bond donors (Lipinski definition) is 2. The average molecular weight is 463 g/mol. The molecule has 0 spiro atoms. The number of carbonyl (C=O) groups excluding carboxylic acids is 1. The lowest BCUT2D eigenvalue weighted by Gasteiger charge is -2.07. The number of anilines is 1. The van der Waals surface area contributed by atoms with Gasteiger partial charge in [0.1, 0.15) is 12.4 Å². The van der Waals surface area contributed by atoms with Gasteiger partial charge in [0.2, 0.25) is 0 Å². The van der Waals surface area contributed by atoms with Crippen LogP contribution in [0.4, 0.5) is 5.69 Å². The van der Waals surface area contributed by atoms with E-state index in [1.807, 2.05) is 66.7 Å². The molecule has 0 unspecified atom stereocenters.